The van der Waals surface area contributed by atoms with E-state index in [9.17, 15) is 14.0 Å². The Morgan fingerprint density at radius 3 is 2.24 bits per heavy atom. The molecule has 116 valence electrons. The number of benzene rings is 1. The number of hydrogen-bond donors (Lipinski definition) is 2. The number of hydrogen-bond acceptors (Lipinski definition) is 2. The van der Waals surface area contributed by atoms with Crippen molar-refractivity contribution >= 4 is 11.9 Å². The maximum Gasteiger partial charge on any atom is 0.326 e. The second-order valence-corrected chi connectivity index (χ2v) is 5.54. The number of amides is 1. The van der Waals surface area contributed by atoms with Crippen LogP contribution in [0.1, 0.15) is 45.1 Å². The Bertz CT molecular complexity index is 485. The Morgan fingerprint density at radius 2 is 1.81 bits per heavy atom. The third kappa shape index (κ3) is 5.17. The number of carboxylic acid groups (broad SMARTS) is 1. The molecule has 0 aliphatic rings. The van der Waals surface area contributed by atoms with E-state index >= 15 is 0 Å². The van der Waals surface area contributed by atoms with Gasteiger partial charge in [-0.1, -0.05) is 32.9 Å². The van der Waals surface area contributed by atoms with Gasteiger partial charge in [-0.05, 0) is 36.5 Å². The van der Waals surface area contributed by atoms with E-state index in [0.29, 0.717) is 18.4 Å². The molecule has 1 aromatic carbocycles. The van der Waals surface area contributed by atoms with Crippen molar-refractivity contribution in [3.05, 3.63) is 35.6 Å². The van der Waals surface area contributed by atoms with Gasteiger partial charge < -0.3 is 10.4 Å². The normalized spacial score (nSPS) is 13.8. The Labute approximate surface area is 124 Å². The van der Waals surface area contributed by atoms with Crippen LogP contribution in [0, 0.1) is 11.7 Å². The number of carbonyl (C=O) groups is 2. The largest absolute Gasteiger partial charge is 0.480 e. The lowest BCUT2D eigenvalue weighted by Gasteiger charge is -2.21. The molecule has 21 heavy (non-hydrogen) atoms. The molecule has 1 amide bonds. The lowest BCUT2D eigenvalue weighted by molar-refractivity contribution is -0.142. The Kier molecular flexibility index (Phi) is 6.34. The second-order valence-electron chi connectivity index (χ2n) is 5.54. The highest BCUT2D eigenvalue weighted by Gasteiger charge is 2.25. The summed E-state index contributed by atoms with van der Waals surface area (Å²) in [5.41, 5.74) is 0.685. The van der Waals surface area contributed by atoms with Gasteiger partial charge in [-0.15, -0.1) is 0 Å². The van der Waals surface area contributed by atoms with Crippen molar-refractivity contribution in [2.24, 2.45) is 5.92 Å². The fourth-order valence-corrected chi connectivity index (χ4v) is 2.23. The maximum absolute atomic E-state index is 12.9. The van der Waals surface area contributed by atoms with Gasteiger partial charge in [0.05, 0.1) is 5.92 Å². The molecule has 0 aliphatic carbocycles. The predicted octanol–water partition coefficient (Wildman–Crippen LogP) is 2.93. The highest BCUT2D eigenvalue weighted by molar-refractivity contribution is 5.88. The first-order valence-electron chi connectivity index (χ1n) is 7.13. The molecule has 0 heterocycles. The molecule has 1 rings (SSSR count). The van der Waals surface area contributed by atoms with E-state index in [1.165, 1.54) is 12.1 Å². The van der Waals surface area contributed by atoms with E-state index in [1.807, 2.05) is 20.8 Å². The minimum absolute atomic E-state index is 0.164. The quantitative estimate of drug-likeness (QED) is 0.812. The van der Waals surface area contributed by atoms with Crippen LogP contribution >= 0.6 is 0 Å². The molecule has 0 aromatic heterocycles. The molecule has 0 saturated heterocycles. The van der Waals surface area contributed by atoms with Crippen LogP contribution in [0.25, 0.3) is 0 Å². The zero-order valence-electron chi connectivity index (χ0n) is 12.6. The smallest absolute Gasteiger partial charge is 0.326 e. The van der Waals surface area contributed by atoms with Crippen molar-refractivity contribution in [2.75, 3.05) is 0 Å². The standard InChI is InChI=1S/C16H22FNO3/c1-4-13(11-5-7-12(17)8-6-11)15(19)18-14(16(20)21)9-10(2)3/h5-8,10,13-14H,4,9H2,1-3H3,(H,18,19)(H,20,21)/t13?,14-/m1/s1. The first kappa shape index (κ1) is 17.1. The first-order chi connectivity index (χ1) is 9.85. The Balaban J connectivity index is 2.82. The van der Waals surface area contributed by atoms with Gasteiger partial charge >= 0.3 is 5.97 Å². The molecule has 2 atom stereocenters. The van der Waals surface area contributed by atoms with Crippen LogP contribution < -0.4 is 5.32 Å². The number of carboxylic acids is 1. The van der Waals surface area contributed by atoms with E-state index < -0.39 is 17.9 Å². The second kappa shape index (κ2) is 7.76. The maximum atomic E-state index is 12.9. The first-order valence-corrected chi connectivity index (χ1v) is 7.13. The molecule has 0 spiro atoms. The molecule has 0 saturated carbocycles. The minimum Gasteiger partial charge on any atom is -0.480 e. The molecular weight excluding hydrogens is 273 g/mol. The SMILES string of the molecule is CCC(C(=O)N[C@H](CC(C)C)C(=O)O)c1ccc(F)cc1. The van der Waals surface area contributed by atoms with Gasteiger partial charge in [0.25, 0.3) is 0 Å². The molecule has 0 bridgehead atoms. The topological polar surface area (TPSA) is 66.4 Å². The summed E-state index contributed by atoms with van der Waals surface area (Å²) >= 11 is 0. The van der Waals surface area contributed by atoms with Crippen LogP contribution in [0.15, 0.2) is 24.3 Å². The van der Waals surface area contributed by atoms with E-state index in [4.69, 9.17) is 5.11 Å². The highest BCUT2D eigenvalue weighted by Crippen LogP contribution is 2.20. The van der Waals surface area contributed by atoms with Crippen LogP contribution in [0.3, 0.4) is 0 Å². The summed E-state index contributed by atoms with van der Waals surface area (Å²) in [6.45, 7) is 5.64. The predicted molar refractivity (Wildman–Crippen MR) is 78.5 cm³/mol. The van der Waals surface area contributed by atoms with Crippen LogP contribution in [-0.4, -0.2) is 23.0 Å². The van der Waals surface area contributed by atoms with E-state index in [0.717, 1.165) is 0 Å². The van der Waals surface area contributed by atoms with Crippen LogP contribution in [0.4, 0.5) is 4.39 Å². The van der Waals surface area contributed by atoms with Gasteiger partial charge in [-0.2, -0.15) is 0 Å². The fourth-order valence-electron chi connectivity index (χ4n) is 2.23. The number of nitrogens with one attached hydrogen (secondary N) is 1. The molecule has 2 N–H and O–H groups in total. The summed E-state index contributed by atoms with van der Waals surface area (Å²) in [6.07, 6.45) is 0.895. The monoisotopic (exact) mass is 295 g/mol. The van der Waals surface area contributed by atoms with Crippen LogP contribution in [0.2, 0.25) is 0 Å². The molecule has 5 heteroatoms. The molecule has 0 aliphatic heterocycles. The fraction of sp³-hybridized carbons (Fsp3) is 0.500. The van der Waals surface area contributed by atoms with Crippen molar-refractivity contribution in [1.82, 2.24) is 5.32 Å². The van der Waals surface area contributed by atoms with Crippen molar-refractivity contribution in [3.8, 4) is 0 Å². The molecule has 0 fully saturated rings. The zero-order chi connectivity index (χ0) is 16.0. The summed E-state index contributed by atoms with van der Waals surface area (Å²) in [4.78, 5) is 23.5. The van der Waals surface area contributed by atoms with E-state index in [1.54, 1.807) is 12.1 Å². The number of carbonyl (C=O) groups excluding carboxylic acids is 1. The average molecular weight is 295 g/mol. The van der Waals surface area contributed by atoms with Gasteiger partial charge in [0.2, 0.25) is 5.91 Å². The van der Waals surface area contributed by atoms with Gasteiger partial charge in [0, 0.05) is 0 Å². The zero-order valence-corrected chi connectivity index (χ0v) is 12.6. The molecule has 4 nitrogen and oxygen atoms in total. The molecule has 0 radical (unpaired) electrons. The average Bonchev–Trinajstić information content (AvgIpc) is 2.40. The van der Waals surface area contributed by atoms with Crippen molar-refractivity contribution < 1.29 is 19.1 Å². The summed E-state index contributed by atoms with van der Waals surface area (Å²) in [6, 6.07) is 4.82. The number of halogens is 1. The van der Waals surface area contributed by atoms with E-state index in [-0.39, 0.29) is 17.6 Å². The Morgan fingerprint density at radius 1 is 1.24 bits per heavy atom. The van der Waals surface area contributed by atoms with Crippen LogP contribution in [-0.2, 0) is 9.59 Å². The van der Waals surface area contributed by atoms with Crippen molar-refractivity contribution in [2.45, 2.75) is 45.6 Å². The summed E-state index contributed by atoms with van der Waals surface area (Å²) in [5, 5.41) is 11.7. The summed E-state index contributed by atoms with van der Waals surface area (Å²) < 4.78 is 12.9. The number of rotatable bonds is 7. The third-order valence-corrected chi connectivity index (χ3v) is 3.32. The van der Waals surface area contributed by atoms with Gasteiger partial charge in [-0.25, -0.2) is 9.18 Å². The van der Waals surface area contributed by atoms with Crippen molar-refractivity contribution in [1.29, 1.82) is 0 Å². The lowest BCUT2D eigenvalue weighted by atomic mass is 9.94. The summed E-state index contributed by atoms with van der Waals surface area (Å²) in [7, 11) is 0. The van der Waals surface area contributed by atoms with E-state index in [2.05, 4.69) is 5.32 Å². The molecule has 1 unspecified atom stereocenters. The molecular formula is C16H22FNO3. The third-order valence-electron chi connectivity index (χ3n) is 3.32. The lowest BCUT2D eigenvalue weighted by Crippen LogP contribution is -2.43. The van der Waals surface area contributed by atoms with Gasteiger partial charge in [0.1, 0.15) is 11.9 Å². The van der Waals surface area contributed by atoms with Gasteiger partial charge in [0.15, 0.2) is 0 Å². The van der Waals surface area contributed by atoms with Crippen LogP contribution in [0.5, 0.6) is 0 Å². The molecule has 1 aromatic rings. The van der Waals surface area contributed by atoms with Crippen molar-refractivity contribution in [3.63, 3.8) is 0 Å². The Hall–Kier alpha value is -1.91. The van der Waals surface area contributed by atoms with Gasteiger partial charge in [-0.3, -0.25) is 4.79 Å². The number of aliphatic carboxylic acids is 1. The minimum atomic E-state index is -1.04. The highest BCUT2D eigenvalue weighted by atomic mass is 19.1. The summed E-state index contributed by atoms with van der Waals surface area (Å²) in [5.74, 6) is -2.04.